The van der Waals surface area contributed by atoms with Crippen LogP contribution in [0.25, 0.3) is 0 Å². The van der Waals surface area contributed by atoms with Crippen molar-refractivity contribution in [2.24, 2.45) is 0 Å². The second kappa shape index (κ2) is 5.08. The standard InChI is InChI=1S/C5H9N2O2/c1-6-5(9)2-3-7-4-8/h2-3H2,1H3,(H,6,9)(H,7,8). The first kappa shape index (κ1) is 7.94. The molecule has 0 heterocycles. The second-order valence-electron chi connectivity index (χ2n) is 1.45. The molecule has 0 aromatic heterocycles. The molecule has 0 aliphatic heterocycles. The van der Waals surface area contributed by atoms with E-state index < -0.39 is 0 Å². The maximum Gasteiger partial charge on any atom is 0.309 e. The van der Waals surface area contributed by atoms with Gasteiger partial charge in [0.1, 0.15) is 0 Å². The van der Waals surface area contributed by atoms with Crippen LogP contribution in [0.5, 0.6) is 0 Å². The van der Waals surface area contributed by atoms with Crippen LogP contribution in [0, 0.1) is 0 Å². The van der Waals surface area contributed by atoms with E-state index in [1.165, 1.54) is 6.41 Å². The molecule has 0 fully saturated rings. The highest BCUT2D eigenvalue weighted by atomic mass is 16.1. The fraction of sp³-hybridized carbons (Fsp3) is 0.600. The summed E-state index contributed by atoms with van der Waals surface area (Å²) < 4.78 is 0. The summed E-state index contributed by atoms with van der Waals surface area (Å²) in [6.45, 7) is 0.350. The second-order valence-corrected chi connectivity index (χ2v) is 1.45. The van der Waals surface area contributed by atoms with Gasteiger partial charge >= 0.3 is 6.41 Å². The Labute approximate surface area is 53.6 Å². The van der Waals surface area contributed by atoms with Gasteiger partial charge in [-0.3, -0.25) is 9.59 Å². The Morgan fingerprint density at radius 3 is 2.78 bits per heavy atom. The Morgan fingerprint density at radius 2 is 2.33 bits per heavy atom. The molecule has 51 valence electrons. The number of hydrogen-bond acceptors (Lipinski definition) is 2. The maximum atomic E-state index is 10.4. The van der Waals surface area contributed by atoms with Crippen molar-refractivity contribution in [3.63, 3.8) is 0 Å². The highest BCUT2D eigenvalue weighted by Gasteiger charge is 1.93. The fourth-order valence-corrected chi connectivity index (χ4v) is 0.352. The number of nitrogens with one attached hydrogen (secondary N) is 2. The van der Waals surface area contributed by atoms with Gasteiger partial charge in [-0.05, 0) is 0 Å². The first-order chi connectivity index (χ1) is 4.31. The highest BCUT2D eigenvalue weighted by Crippen LogP contribution is 1.71. The first-order valence-corrected chi connectivity index (χ1v) is 2.62. The van der Waals surface area contributed by atoms with E-state index in [1.807, 2.05) is 0 Å². The van der Waals surface area contributed by atoms with E-state index in [4.69, 9.17) is 0 Å². The van der Waals surface area contributed by atoms with Gasteiger partial charge in [0.2, 0.25) is 5.91 Å². The third-order valence-corrected chi connectivity index (χ3v) is 0.828. The average molecular weight is 129 g/mol. The highest BCUT2D eigenvalue weighted by molar-refractivity contribution is 5.75. The van der Waals surface area contributed by atoms with Crippen molar-refractivity contribution in [1.82, 2.24) is 10.6 Å². The lowest BCUT2D eigenvalue weighted by molar-refractivity contribution is -0.120. The molecule has 0 unspecified atom stereocenters. The predicted molar refractivity (Wildman–Crippen MR) is 32.4 cm³/mol. The first-order valence-electron chi connectivity index (χ1n) is 2.62. The molecule has 1 radical (unpaired) electrons. The van der Waals surface area contributed by atoms with Crippen molar-refractivity contribution in [2.45, 2.75) is 6.42 Å². The van der Waals surface area contributed by atoms with Crippen molar-refractivity contribution < 1.29 is 9.59 Å². The summed E-state index contributed by atoms with van der Waals surface area (Å²) in [7, 11) is 1.55. The molecule has 0 aliphatic rings. The molecule has 4 heteroatoms. The van der Waals surface area contributed by atoms with Crippen LogP contribution in [-0.2, 0) is 9.59 Å². The Hall–Kier alpha value is -1.06. The normalized spacial score (nSPS) is 8.11. The molecule has 4 nitrogen and oxygen atoms in total. The predicted octanol–water partition coefficient (Wildman–Crippen LogP) is -1.22. The minimum atomic E-state index is -0.0854. The lowest BCUT2D eigenvalue weighted by Gasteiger charge is -1.95. The van der Waals surface area contributed by atoms with E-state index in [0.717, 1.165) is 0 Å². The summed E-state index contributed by atoms with van der Waals surface area (Å²) in [5.41, 5.74) is 0. The molecule has 0 saturated carbocycles. The summed E-state index contributed by atoms with van der Waals surface area (Å²) in [5.74, 6) is -0.0854. The van der Waals surface area contributed by atoms with Gasteiger partial charge in [0.25, 0.3) is 0 Å². The molecule has 2 N–H and O–H groups in total. The molecule has 0 aliphatic carbocycles. The zero-order valence-electron chi connectivity index (χ0n) is 5.23. The van der Waals surface area contributed by atoms with Crippen LogP contribution in [0.15, 0.2) is 0 Å². The zero-order valence-corrected chi connectivity index (χ0v) is 5.23. The molecule has 0 saturated heterocycles. The lowest BCUT2D eigenvalue weighted by atomic mass is 10.4. The Morgan fingerprint density at radius 1 is 1.67 bits per heavy atom. The maximum absolute atomic E-state index is 10.4. The van der Waals surface area contributed by atoms with Gasteiger partial charge in [-0.1, -0.05) is 0 Å². The van der Waals surface area contributed by atoms with Gasteiger partial charge < -0.3 is 10.6 Å². The van der Waals surface area contributed by atoms with Crippen LogP contribution in [0.3, 0.4) is 0 Å². The van der Waals surface area contributed by atoms with Gasteiger partial charge in [0.05, 0.1) is 0 Å². The topological polar surface area (TPSA) is 58.2 Å². The van der Waals surface area contributed by atoms with Crippen LogP contribution in [0.2, 0.25) is 0 Å². The molecule has 0 atom stereocenters. The molecular formula is C5H9N2O2. The third-order valence-electron chi connectivity index (χ3n) is 0.828. The van der Waals surface area contributed by atoms with E-state index in [2.05, 4.69) is 10.6 Å². The summed E-state index contributed by atoms with van der Waals surface area (Å²) in [6.07, 6.45) is 1.78. The summed E-state index contributed by atoms with van der Waals surface area (Å²) in [5, 5.41) is 4.66. The Kier molecular flexibility index (Phi) is 4.49. The van der Waals surface area contributed by atoms with E-state index in [-0.39, 0.29) is 5.91 Å². The van der Waals surface area contributed by atoms with Crippen molar-refractivity contribution in [3.8, 4) is 0 Å². The zero-order chi connectivity index (χ0) is 7.11. The fourth-order valence-electron chi connectivity index (χ4n) is 0.352. The van der Waals surface area contributed by atoms with Crippen LogP contribution >= 0.6 is 0 Å². The van der Waals surface area contributed by atoms with Crippen LogP contribution in [0.1, 0.15) is 6.42 Å². The minimum absolute atomic E-state index is 0.0854. The molecular weight excluding hydrogens is 120 g/mol. The van der Waals surface area contributed by atoms with Gasteiger partial charge in [0, 0.05) is 20.0 Å². The van der Waals surface area contributed by atoms with Crippen molar-refractivity contribution >= 4 is 12.3 Å². The SMILES string of the molecule is CNC(=O)CCN[C]=O. The van der Waals surface area contributed by atoms with Crippen LogP contribution in [-0.4, -0.2) is 25.9 Å². The monoisotopic (exact) mass is 129 g/mol. The van der Waals surface area contributed by atoms with Crippen LogP contribution < -0.4 is 10.6 Å². The lowest BCUT2D eigenvalue weighted by Crippen LogP contribution is -2.23. The van der Waals surface area contributed by atoms with Gasteiger partial charge in [-0.2, -0.15) is 0 Å². The van der Waals surface area contributed by atoms with E-state index in [1.54, 1.807) is 7.05 Å². The molecule has 0 rings (SSSR count). The van der Waals surface area contributed by atoms with Crippen molar-refractivity contribution in [2.75, 3.05) is 13.6 Å². The largest absolute Gasteiger partial charge is 0.359 e. The van der Waals surface area contributed by atoms with Crippen molar-refractivity contribution in [3.05, 3.63) is 0 Å². The van der Waals surface area contributed by atoms with Crippen LogP contribution in [0.4, 0.5) is 0 Å². The molecule has 2 amide bonds. The number of carbonyl (C=O) groups excluding carboxylic acids is 2. The minimum Gasteiger partial charge on any atom is -0.359 e. The number of rotatable bonds is 4. The number of carbonyl (C=O) groups is 1. The molecule has 9 heavy (non-hydrogen) atoms. The molecule has 0 aromatic carbocycles. The van der Waals surface area contributed by atoms with E-state index in [9.17, 15) is 9.59 Å². The number of amides is 2. The summed E-state index contributed by atoms with van der Waals surface area (Å²) >= 11 is 0. The van der Waals surface area contributed by atoms with Gasteiger partial charge in [-0.25, -0.2) is 0 Å². The third kappa shape index (κ3) is 4.80. The Bertz CT molecular complexity index is 103. The Balaban J connectivity index is 3.06. The molecule has 0 aromatic rings. The quantitative estimate of drug-likeness (QED) is 0.369. The van der Waals surface area contributed by atoms with E-state index in [0.29, 0.717) is 13.0 Å². The molecule has 0 bridgehead atoms. The average Bonchev–Trinajstić information content (AvgIpc) is 1.89. The molecule has 0 spiro atoms. The van der Waals surface area contributed by atoms with Crippen molar-refractivity contribution in [1.29, 1.82) is 0 Å². The summed E-state index contributed by atoms with van der Waals surface area (Å²) in [4.78, 5) is 19.9. The van der Waals surface area contributed by atoms with Gasteiger partial charge in [0.15, 0.2) is 0 Å². The van der Waals surface area contributed by atoms with Gasteiger partial charge in [-0.15, -0.1) is 0 Å². The summed E-state index contributed by atoms with van der Waals surface area (Å²) in [6, 6.07) is 0. The number of hydrogen-bond donors (Lipinski definition) is 2. The van der Waals surface area contributed by atoms with E-state index >= 15 is 0 Å². The smallest absolute Gasteiger partial charge is 0.309 e.